The summed E-state index contributed by atoms with van der Waals surface area (Å²) in [7, 11) is -3.06. The molecule has 0 spiro atoms. The van der Waals surface area contributed by atoms with Crippen LogP contribution in [0.1, 0.15) is 19.8 Å². The normalized spacial score (nSPS) is 21.1. The lowest BCUT2D eigenvalue weighted by Crippen LogP contribution is -2.37. The SMILES string of the molecule is CCNS(=O)(=O)C1CCOCC1. The summed E-state index contributed by atoms with van der Waals surface area (Å²) in [5, 5.41) is -0.244. The molecule has 1 heterocycles. The van der Waals surface area contributed by atoms with E-state index in [9.17, 15) is 8.42 Å². The number of rotatable bonds is 3. The van der Waals surface area contributed by atoms with Crippen molar-refractivity contribution in [3.05, 3.63) is 0 Å². The highest BCUT2D eigenvalue weighted by Gasteiger charge is 2.26. The average Bonchev–Trinajstić information content (AvgIpc) is 2.06. The molecule has 1 rings (SSSR count). The number of sulfonamides is 1. The Morgan fingerprint density at radius 1 is 1.42 bits per heavy atom. The van der Waals surface area contributed by atoms with Gasteiger partial charge in [-0.05, 0) is 12.8 Å². The maximum Gasteiger partial charge on any atom is 0.214 e. The summed E-state index contributed by atoms with van der Waals surface area (Å²) in [6.07, 6.45) is 1.24. The molecule has 1 saturated heterocycles. The number of hydrogen-bond acceptors (Lipinski definition) is 3. The first kappa shape index (κ1) is 9.95. The molecule has 5 heteroatoms. The molecule has 4 nitrogen and oxygen atoms in total. The van der Waals surface area contributed by atoms with Crippen molar-refractivity contribution in [2.45, 2.75) is 25.0 Å². The lowest BCUT2D eigenvalue weighted by atomic mass is 10.2. The van der Waals surface area contributed by atoms with E-state index in [2.05, 4.69) is 4.72 Å². The van der Waals surface area contributed by atoms with Crippen LogP contribution in [-0.2, 0) is 14.8 Å². The summed E-state index contributed by atoms with van der Waals surface area (Å²) >= 11 is 0. The first-order valence-corrected chi connectivity index (χ1v) is 5.77. The Kier molecular flexibility index (Phi) is 3.49. The molecule has 1 aliphatic rings. The van der Waals surface area contributed by atoms with E-state index in [4.69, 9.17) is 4.74 Å². The van der Waals surface area contributed by atoms with Gasteiger partial charge in [-0.15, -0.1) is 0 Å². The first-order valence-electron chi connectivity index (χ1n) is 4.23. The Balaban J connectivity index is 2.54. The first-order chi connectivity index (χ1) is 5.67. The Hall–Kier alpha value is -0.130. The van der Waals surface area contributed by atoms with E-state index < -0.39 is 10.0 Å². The van der Waals surface area contributed by atoms with Gasteiger partial charge in [0.25, 0.3) is 0 Å². The van der Waals surface area contributed by atoms with E-state index in [1.807, 2.05) is 0 Å². The van der Waals surface area contributed by atoms with Crippen molar-refractivity contribution in [3.8, 4) is 0 Å². The van der Waals surface area contributed by atoms with Gasteiger partial charge in [0.1, 0.15) is 0 Å². The molecule has 0 amide bonds. The second kappa shape index (κ2) is 4.20. The quantitative estimate of drug-likeness (QED) is 0.692. The minimum Gasteiger partial charge on any atom is -0.381 e. The van der Waals surface area contributed by atoms with Gasteiger partial charge >= 0.3 is 0 Å². The number of hydrogen-bond donors (Lipinski definition) is 1. The maximum atomic E-state index is 11.4. The predicted molar refractivity (Wildman–Crippen MR) is 46.4 cm³/mol. The van der Waals surface area contributed by atoms with Crippen LogP contribution >= 0.6 is 0 Å². The molecule has 0 unspecified atom stereocenters. The lowest BCUT2D eigenvalue weighted by Gasteiger charge is -2.21. The molecule has 0 radical (unpaired) electrons. The van der Waals surface area contributed by atoms with Gasteiger partial charge in [-0.1, -0.05) is 6.92 Å². The summed E-state index contributed by atoms with van der Waals surface area (Å²) in [4.78, 5) is 0. The highest BCUT2D eigenvalue weighted by molar-refractivity contribution is 7.90. The fraction of sp³-hybridized carbons (Fsp3) is 1.00. The molecule has 0 aliphatic carbocycles. The molecule has 0 saturated carbocycles. The third kappa shape index (κ3) is 2.43. The van der Waals surface area contributed by atoms with Crippen LogP contribution in [0, 0.1) is 0 Å². The van der Waals surface area contributed by atoms with Gasteiger partial charge in [0.05, 0.1) is 5.25 Å². The molecular weight excluding hydrogens is 178 g/mol. The molecule has 0 aromatic carbocycles. The topological polar surface area (TPSA) is 55.4 Å². The fourth-order valence-electron chi connectivity index (χ4n) is 1.31. The number of nitrogens with one attached hydrogen (secondary N) is 1. The van der Waals surface area contributed by atoms with Gasteiger partial charge in [0, 0.05) is 19.8 Å². The van der Waals surface area contributed by atoms with Crippen LogP contribution in [-0.4, -0.2) is 33.4 Å². The minimum absolute atomic E-state index is 0.244. The van der Waals surface area contributed by atoms with Crippen LogP contribution in [0.25, 0.3) is 0 Å². The Morgan fingerprint density at radius 2 is 2.00 bits per heavy atom. The van der Waals surface area contributed by atoms with Crippen LogP contribution in [0.15, 0.2) is 0 Å². The summed E-state index contributed by atoms with van der Waals surface area (Å²) in [6, 6.07) is 0. The molecule has 1 aliphatic heterocycles. The largest absolute Gasteiger partial charge is 0.381 e. The molecule has 1 N–H and O–H groups in total. The molecule has 0 atom stereocenters. The predicted octanol–water partition coefficient (Wildman–Crippen LogP) is 0.105. The van der Waals surface area contributed by atoms with Crippen LogP contribution in [0.5, 0.6) is 0 Å². The van der Waals surface area contributed by atoms with E-state index in [1.54, 1.807) is 6.92 Å². The zero-order chi connectivity index (χ0) is 9.03. The van der Waals surface area contributed by atoms with Crippen molar-refractivity contribution in [1.29, 1.82) is 0 Å². The molecule has 0 aromatic rings. The molecule has 72 valence electrons. The highest BCUT2D eigenvalue weighted by Crippen LogP contribution is 2.14. The molecule has 1 fully saturated rings. The summed E-state index contributed by atoms with van der Waals surface area (Å²) < 4.78 is 30.4. The number of ether oxygens (including phenoxy) is 1. The van der Waals surface area contributed by atoms with Crippen molar-refractivity contribution < 1.29 is 13.2 Å². The van der Waals surface area contributed by atoms with Gasteiger partial charge in [0.15, 0.2) is 0 Å². The van der Waals surface area contributed by atoms with Crippen LogP contribution in [0.3, 0.4) is 0 Å². The lowest BCUT2D eigenvalue weighted by molar-refractivity contribution is 0.0981. The van der Waals surface area contributed by atoms with E-state index in [1.165, 1.54) is 0 Å². The average molecular weight is 193 g/mol. The van der Waals surface area contributed by atoms with Crippen molar-refractivity contribution in [3.63, 3.8) is 0 Å². The molecule has 0 aromatic heterocycles. The summed E-state index contributed by atoms with van der Waals surface area (Å²) in [5.41, 5.74) is 0. The van der Waals surface area contributed by atoms with E-state index >= 15 is 0 Å². The summed E-state index contributed by atoms with van der Waals surface area (Å²) in [5.74, 6) is 0. The zero-order valence-corrected chi connectivity index (χ0v) is 8.06. The van der Waals surface area contributed by atoms with E-state index in [0.717, 1.165) is 0 Å². The Morgan fingerprint density at radius 3 is 2.50 bits per heavy atom. The monoisotopic (exact) mass is 193 g/mol. The van der Waals surface area contributed by atoms with E-state index in [-0.39, 0.29) is 5.25 Å². The Bertz CT molecular complexity index is 219. The van der Waals surface area contributed by atoms with Crippen molar-refractivity contribution in [2.75, 3.05) is 19.8 Å². The standard InChI is InChI=1S/C7H15NO3S/c1-2-8-12(9,10)7-3-5-11-6-4-7/h7-8H,2-6H2,1H3. The van der Waals surface area contributed by atoms with Crippen molar-refractivity contribution in [2.24, 2.45) is 0 Å². The van der Waals surface area contributed by atoms with Crippen molar-refractivity contribution >= 4 is 10.0 Å². The van der Waals surface area contributed by atoms with E-state index in [0.29, 0.717) is 32.6 Å². The third-order valence-electron chi connectivity index (χ3n) is 1.95. The molecular formula is C7H15NO3S. The smallest absolute Gasteiger partial charge is 0.214 e. The van der Waals surface area contributed by atoms with Gasteiger partial charge < -0.3 is 4.74 Å². The second-order valence-electron chi connectivity index (χ2n) is 2.85. The van der Waals surface area contributed by atoms with Crippen molar-refractivity contribution in [1.82, 2.24) is 4.72 Å². The van der Waals surface area contributed by atoms with Crippen LogP contribution in [0.4, 0.5) is 0 Å². The highest BCUT2D eigenvalue weighted by atomic mass is 32.2. The zero-order valence-electron chi connectivity index (χ0n) is 7.25. The Labute approximate surface area is 73.3 Å². The van der Waals surface area contributed by atoms with Crippen LogP contribution in [0.2, 0.25) is 0 Å². The van der Waals surface area contributed by atoms with Gasteiger partial charge in [0.2, 0.25) is 10.0 Å². The minimum atomic E-state index is -3.06. The second-order valence-corrected chi connectivity index (χ2v) is 4.90. The van der Waals surface area contributed by atoms with Gasteiger partial charge in [-0.25, -0.2) is 13.1 Å². The van der Waals surface area contributed by atoms with Gasteiger partial charge in [-0.3, -0.25) is 0 Å². The molecule has 0 bridgehead atoms. The third-order valence-corrected chi connectivity index (χ3v) is 3.99. The summed E-state index contributed by atoms with van der Waals surface area (Å²) in [6.45, 7) is 3.39. The maximum absolute atomic E-state index is 11.4. The van der Waals surface area contributed by atoms with Gasteiger partial charge in [-0.2, -0.15) is 0 Å². The van der Waals surface area contributed by atoms with Crippen LogP contribution < -0.4 is 4.72 Å². The molecule has 12 heavy (non-hydrogen) atoms. The fourth-order valence-corrected chi connectivity index (χ4v) is 2.76.